The van der Waals surface area contributed by atoms with Crippen LogP contribution in [-0.4, -0.2) is 46.2 Å². The SMILES string of the molecule is O=C(c1cccc(Cc2ccccc2)n1)N1CC[C@H](Oc2ccccc2F)[C@@H](O)CC1. The highest BCUT2D eigenvalue weighted by molar-refractivity contribution is 5.92. The second-order valence-corrected chi connectivity index (χ2v) is 7.70. The van der Waals surface area contributed by atoms with Gasteiger partial charge in [0.25, 0.3) is 5.91 Å². The normalized spacial score (nSPS) is 19.0. The number of halogens is 1. The summed E-state index contributed by atoms with van der Waals surface area (Å²) >= 11 is 0. The molecule has 0 saturated carbocycles. The number of carbonyl (C=O) groups excluding carboxylic acids is 1. The lowest BCUT2D eigenvalue weighted by molar-refractivity contribution is 0.0328. The van der Waals surface area contributed by atoms with E-state index in [9.17, 15) is 14.3 Å². The molecule has 1 aliphatic rings. The Morgan fingerprint density at radius 2 is 1.74 bits per heavy atom. The van der Waals surface area contributed by atoms with Crippen molar-refractivity contribution in [1.29, 1.82) is 0 Å². The summed E-state index contributed by atoms with van der Waals surface area (Å²) in [5.41, 5.74) is 2.34. The Bertz CT molecular complexity index is 1030. The van der Waals surface area contributed by atoms with Crippen LogP contribution in [0, 0.1) is 5.82 Å². The van der Waals surface area contributed by atoms with Crippen LogP contribution in [0.4, 0.5) is 4.39 Å². The lowest BCUT2D eigenvalue weighted by atomic mass is 10.1. The van der Waals surface area contributed by atoms with Gasteiger partial charge in [-0.05, 0) is 36.2 Å². The Labute approximate surface area is 181 Å². The number of rotatable bonds is 5. The van der Waals surface area contributed by atoms with Gasteiger partial charge in [0.2, 0.25) is 0 Å². The van der Waals surface area contributed by atoms with Crippen LogP contribution in [0.1, 0.15) is 34.6 Å². The summed E-state index contributed by atoms with van der Waals surface area (Å²) in [6.07, 6.45) is 0.0560. The van der Waals surface area contributed by atoms with Gasteiger partial charge in [-0.3, -0.25) is 4.79 Å². The first-order valence-corrected chi connectivity index (χ1v) is 10.5. The molecule has 1 N–H and O–H groups in total. The molecule has 6 heteroatoms. The fraction of sp³-hybridized carbons (Fsp3) is 0.280. The Hall–Kier alpha value is -3.25. The first-order chi connectivity index (χ1) is 15.1. The molecule has 0 unspecified atom stereocenters. The average molecular weight is 420 g/mol. The van der Waals surface area contributed by atoms with Crippen LogP contribution in [0.2, 0.25) is 0 Å². The maximum atomic E-state index is 13.9. The molecule has 0 radical (unpaired) electrons. The van der Waals surface area contributed by atoms with E-state index < -0.39 is 18.0 Å². The summed E-state index contributed by atoms with van der Waals surface area (Å²) < 4.78 is 19.6. The number of para-hydroxylation sites is 1. The van der Waals surface area contributed by atoms with Crippen LogP contribution >= 0.6 is 0 Å². The summed E-state index contributed by atoms with van der Waals surface area (Å²) in [7, 11) is 0. The molecular formula is C25H25FN2O3. The number of carbonyl (C=O) groups is 1. The van der Waals surface area contributed by atoms with Gasteiger partial charge < -0.3 is 14.7 Å². The third kappa shape index (κ3) is 5.27. The van der Waals surface area contributed by atoms with Crippen LogP contribution in [0.3, 0.4) is 0 Å². The summed E-state index contributed by atoms with van der Waals surface area (Å²) in [4.78, 5) is 19.3. The average Bonchev–Trinajstić information content (AvgIpc) is 2.97. The number of amides is 1. The fourth-order valence-corrected chi connectivity index (χ4v) is 3.77. The predicted molar refractivity (Wildman–Crippen MR) is 115 cm³/mol. The number of hydrogen-bond donors (Lipinski definition) is 1. The number of pyridine rings is 1. The molecule has 1 saturated heterocycles. The Morgan fingerprint density at radius 1 is 1.00 bits per heavy atom. The van der Waals surface area contributed by atoms with Gasteiger partial charge in [0.05, 0.1) is 6.10 Å². The minimum absolute atomic E-state index is 0.113. The van der Waals surface area contributed by atoms with Gasteiger partial charge >= 0.3 is 0 Å². The van der Waals surface area contributed by atoms with E-state index in [-0.39, 0.29) is 11.7 Å². The molecule has 3 aromatic rings. The van der Waals surface area contributed by atoms with Crippen molar-refractivity contribution >= 4 is 5.91 Å². The quantitative estimate of drug-likeness (QED) is 0.681. The van der Waals surface area contributed by atoms with E-state index in [4.69, 9.17) is 4.74 Å². The van der Waals surface area contributed by atoms with Crippen LogP contribution in [0.25, 0.3) is 0 Å². The van der Waals surface area contributed by atoms with E-state index in [2.05, 4.69) is 4.98 Å². The standard InChI is InChI=1S/C25H25FN2O3/c26-20-10-4-5-12-23(20)31-24-14-16-28(15-13-22(24)29)25(30)21-11-6-9-19(27-21)17-18-7-2-1-3-8-18/h1-12,22,24,29H,13-17H2/t22-,24-/m0/s1. The number of nitrogens with zero attached hydrogens (tertiary/aromatic N) is 2. The second-order valence-electron chi connectivity index (χ2n) is 7.70. The molecule has 31 heavy (non-hydrogen) atoms. The predicted octanol–water partition coefficient (Wildman–Crippen LogP) is 3.86. The summed E-state index contributed by atoms with van der Waals surface area (Å²) in [5.74, 6) is -0.526. The zero-order valence-electron chi connectivity index (χ0n) is 17.2. The molecule has 2 aromatic carbocycles. The molecule has 1 aromatic heterocycles. The number of aliphatic hydroxyl groups is 1. The third-order valence-corrected chi connectivity index (χ3v) is 5.46. The van der Waals surface area contributed by atoms with E-state index in [0.717, 1.165) is 11.3 Å². The summed E-state index contributed by atoms with van der Waals surface area (Å²) in [5, 5.41) is 10.5. The molecule has 1 fully saturated rings. The van der Waals surface area contributed by atoms with Crippen LogP contribution in [0.15, 0.2) is 72.8 Å². The highest BCUT2D eigenvalue weighted by atomic mass is 19.1. The van der Waals surface area contributed by atoms with Crippen molar-refractivity contribution in [1.82, 2.24) is 9.88 Å². The largest absolute Gasteiger partial charge is 0.485 e. The van der Waals surface area contributed by atoms with Crippen molar-refractivity contribution in [3.63, 3.8) is 0 Å². The van der Waals surface area contributed by atoms with Crippen molar-refractivity contribution in [3.05, 3.63) is 95.6 Å². The van der Waals surface area contributed by atoms with Crippen LogP contribution in [0.5, 0.6) is 5.75 Å². The van der Waals surface area contributed by atoms with Gasteiger partial charge in [0, 0.05) is 31.6 Å². The molecule has 0 aliphatic carbocycles. The minimum Gasteiger partial charge on any atom is -0.485 e. The van der Waals surface area contributed by atoms with Crippen LogP contribution in [-0.2, 0) is 6.42 Å². The zero-order chi connectivity index (χ0) is 21.6. The zero-order valence-corrected chi connectivity index (χ0v) is 17.2. The van der Waals surface area contributed by atoms with Crippen molar-refractivity contribution in [2.75, 3.05) is 13.1 Å². The van der Waals surface area contributed by atoms with Crippen molar-refractivity contribution in [3.8, 4) is 5.75 Å². The minimum atomic E-state index is -0.783. The molecule has 0 bridgehead atoms. The second kappa shape index (κ2) is 9.71. The van der Waals surface area contributed by atoms with Crippen molar-refractivity contribution < 1.29 is 19.0 Å². The number of aromatic nitrogens is 1. The third-order valence-electron chi connectivity index (χ3n) is 5.46. The molecule has 2 heterocycles. The number of likely N-dealkylation sites (tertiary alicyclic amines) is 1. The molecule has 4 rings (SSSR count). The first kappa shape index (κ1) is 21.0. The number of ether oxygens (including phenoxy) is 1. The molecule has 2 atom stereocenters. The molecule has 0 spiro atoms. The first-order valence-electron chi connectivity index (χ1n) is 10.5. The van der Waals surface area contributed by atoms with E-state index in [1.165, 1.54) is 12.1 Å². The fourth-order valence-electron chi connectivity index (χ4n) is 3.77. The van der Waals surface area contributed by atoms with E-state index in [1.54, 1.807) is 23.1 Å². The lowest BCUT2D eigenvalue weighted by Gasteiger charge is -2.22. The molecule has 1 aliphatic heterocycles. The highest BCUT2D eigenvalue weighted by Gasteiger charge is 2.29. The summed E-state index contributed by atoms with van der Waals surface area (Å²) in [6, 6.07) is 21.6. The maximum absolute atomic E-state index is 13.9. The molecular weight excluding hydrogens is 395 g/mol. The monoisotopic (exact) mass is 420 g/mol. The van der Waals surface area contributed by atoms with Gasteiger partial charge in [-0.15, -0.1) is 0 Å². The number of hydrogen-bond acceptors (Lipinski definition) is 4. The number of aliphatic hydroxyl groups excluding tert-OH is 1. The van der Waals surface area contributed by atoms with E-state index >= 15 is 0 Å². The van der Waals surface area contributed by atoms with Gasteiger partial charge in [0.15, 0.2) is 11.6 Å². The molecule has 5 nitrogen and oxygen atoms in total. The van der Waals surface area contributed by atoms with Gasteiger partial charge in [-0.25, -0.2) is 9.37 Å². The molecule has 1 amide bonds. The summed E-state index contributed by atoms with van der Waals surface area (Å²) in [6.45, 7) is 0.793. The highest BCUT2D eigenvalue weighted by Crippen LogP contribution is 2.23. The van der Waals surface area contributed by atoms with Crippen LogP contribution < -0.4 is 4.74 Å². The van der Waals surface area contributed by atoms with Gasteiger partial charge in [-0.1, -0.05) is 48.5 Å². The maximum Gasteiger partial charge on any atom is 0.272 e. The van der Waals surface area contributed by atoms with E-state index in [0.29, 0.717) is 38.0 Å². The van der Waals surface area contributed by atoms with Gasteiger partial charge in [-0.2, -0.15) is 0 Å². The molecule has 160 valence electrons. The topological polar surface area (TPSA) is 62.7 Å². The lowest BCUT2D eigenvalue weighted by Crippen LogP contribution is -2.33. The van der Waals surface area contributed by atoms with Crippen molar-refractivity contribution in [2.24, 2.45) is 0 Å². The Morgan fingerprint density at radius 3 is 2.55 bits per heavy atom. The Kier molecular flexibility index (Phi) is 6.57. The number of benzene rings is 2. The smallest absolute Gasteiger partial charge is 0.272 e. The Balaban J connectivity index is 1.42. The van der Waals surface area contributed by atoms with Crippen molar-refractivity contribution in [2.45, 2.75) is 31.5 Å². The van der Waals surface area contributed by atoms with E-state index in [1.807, 2.05) is 42.5 Å². The van der Waals surface area contributed by atoms with Gasteiger partial charge in [0.1, 0.15) is 11.8 Å².